The number of amides is 1. The van der Waals surface area contributed by atoms with Gasteiger partial charge >= 0.3 is 0 Å². The Balaban J connectivity index is 1.57. The number of hydrogen-bond donors (Lipinski definition) is 1. The molecule has 1 aromatic carbocycles. The number of nitro benzene ring substituents is 1. The number of halogens is 1. The van der Waals surface area contributed by atoms with Gasteiger partial charge in [0.2, 0.25) is 5.91 Å². The average Bonchev–Trinajstić information content (AvgIpc) is 3.17. The molecule has 0 spiro atoms. The third kappa shape index (κ3) is 4.34. The Bertz CT molecular complexity index is 670. The standard InChI is InChI=1S/C18H25ClN4O3/c1-13(21-8-10-22(11-9-21)14-4-2-3-5-14)18(24)20-17-12-15(23(25)26)6-7-16(17)19/h6-7,12-14H,2-5,8-11H2,1H3,(H,20,24). The Morgan fingerprint density at radius 2 is 1.92 bits per heavy atom. The summed E-state index contributed by atoms with van der Waals surface area (Å²) in [6.45, 7) is 5.55. The molecule has 7 nitrogen and oxygen atoms in total. The van der Waals surface area contributed by atoms with Crippen molar-refractivity contribution in [1.82, 2.24) is 9.80 Å². The predicted molar refractivity (Wildman–Crippen MR) is 102 cm³/mol. The Kier molecular flexibility index (Phi) is 6.11. The molecule has 3 rings (SSSR count). The van der Waals surface area contributed by atoms with Crippen molar-refractivity contribution in [1.29, 1.82) is 0 Å². The maximum atomic E-state index is 12.6. The summed E-state index contributed by atoms with van der Waals surface area (Å²) in [7, 11) is 0. The second-order valence-electron chi connectivity index (χ2n) is 7.10. The Morgan fingerprint density at radius 1 is 1.27 bits per heavy atom. The average molecular weight is 381 g/mol. The van der Waals surface area contributed by atoms with Gasteiger partial charge in [-0.15, -0.1) is 0 Å². The number of nitro groups is 1. The number of nitrogens with zero attached hydrogens (tertiary/aromatic N) is 3. The summed E-state index contributed by atoms with van der Waals surface area (Å²) < 4.78 is 0. The largest absolute Gasteiger partial charge is 0.323 e. The molecule has 2 aliphatic rings. The molecular weight excluding hydrogens is 356 g/mol. The van der Waals surface area contributed by atoms with Crippen LogP contribution in [0.15, 0.2) is 18.2 Å². The van der Waals surface area contributed by atoms with Crippen molar-refractivity contribution >= 4 is 28.9 Å². The first-order valence-corrected chi connectivity index (χ1v) is 9.56. The number of benzene rings is 1. The molecule has 26 heavy (non-hydrogen) atoms. The molecule has 1 aromatic rings. The molecule has 1 heterocycles. The SMILES string of the molecule is CC(C(=O)Nc1cc([N+](=O)[O-])ccc1Cl)N1CCN(C2CCCC2)CC1. The van der Waals surface area contributed by atoms with Crippen molar-refractivity contribution in [3.8, 4) is 0 Å². The molecule has 1 N–H and O–H groups in total. The summed E-state index contributed by atoms with van der Waals surface area (Å²) >= 11 is 6.07. The molecule has 0 aromatic heterocycles. The van der Waals surface area contributed by atoms with Gasteiger partial charge < -0.3 is 5.32 Å². The lowest BCUT2D eigenvalue weighted by molar-refractivity contribution is -0.384. The maximum Gasteiger partial charge on any atom is 0.271 e. The number of hydrogen-bond acceptors (Lipinski definition) is 5. The highest BCUT2D eigenvalue weighted by Gasteiger charge is 2.30. The minimum atomic E-state index is -0.502. The predicted octanol–water partition coefficient (Wildman–Crippen LogP) is 3.14. The molecule has 1 unspecified atom stereocenters. The highest BCUT2D eigenvalue weighted by Crippen LogP contribution is 2.27. The number of nitrogens with one attached hydrogen (secondary N) is 1. The van der Waals surface area contributed by atoms with Crippen molar-refractivity contribution in [3.63, 3.8) is 0 Å². The van der Waals surface area contributed by atoms with E-state index in [9.17, 15) is 14.9 Å². The summed E-state index contributed by atoms with van der Waals surface area (Å²) in [6, 6.07) is 4.45. The molecule has 142 valence electrons. The molecule has 2 fully saturated rings. The van der Waals surface area contributed by atoms with Crippen LogP contribution in [-0.2, 0) is 4.79 Å². The van der Waals surface area contributed by atoms with Gasteiger partial charge in [0.25, 0.3) is 5.69 Å². The van der Waals surface area contributed by atoms with Crippen LogP contribution in [0.25, 0.3) is 0 Å². The fourth-order valence-electron chi connectivity index (χ4n) is 3.88. The smallest absolute Gasteiger partial charge is 0.271 e. The molecule has 1 atom stereocenters. The van der Waals surface area contributed by atoms with Crippen LogP contribution >= 0.6 is 11.6 Å². The van der Waals surface area contributed by atoms with Crippen molar-refractivity contribution in [2.24, 2.45) is 0 Å². The lowest BCUT2D eigenvalue weighted by Gasteiger charge is -2.40. The van der Waals surface area contributed by atoms with E-state index in [0.29, 0.717) is 11.1 Å². The first kappa shape index (κ1) is 19.1. The van der Waals surface area contributed by atoms with Gasteiger partial charge in [-0.1, -0.05) is 24.4 Å². The number of piperazine rings is 1. The summed E-state index contributed by atoms with van der Waals surface area (Å²) in [5.74, 6) is -0.193. The zero-order chi connectivity index (χ0) is 18.7. The first-order valence-electron chi connectivity index (χ1n) is 9.18. The first-order chi connectivity index (χ1) is 12.5. The minimum Gasteiger partial charge on any atom is -0.323 e. The Morgan fingerprint density at radius 3 is 2.54 bits per heavy atom. The van der Waals surface area contributed by atoms with Gasteiger partial charge in [-0.3, -0.25) is 24.7 Å². The van der Waals surface area contributed by atoms with E-state index < -0.39 is 4.92 Å². The van der Waals surface area contributed by atoms with Crippen LogP contribution in [0.5, 0.6) is 0 Å². The highest BCUT2D eigenvalue weighted by molar-refractivity contribution is 6.33. The van der Waals surface area contributed by atoms with E-state index in [4.69, 9.17) is 11.6 Å². The van der Waals surface area contributed by atoms with E-state index in [2.05, 4.69) is 15.1 Å². The van der Waals surface area contributed by atoms with Gasteiger partial charge in [0, 0.05) is 44.4 Å². The van der Waals surface area contributed by atoms with Crippen molar-refractivity contribution < 1.29 is 9.72 Å². The number of non-ortho nitro benzene ring substituents is 1. The summed E-state index contributed by atoms with van der Waals surface area (Å²) in [5, 5.41) is 13.9. The molecule has 1 aliphatic carbocycles. The van der Waals surface area contributed by atoms with E-state index in [-0.39, 0.29) is 23.3 Å². The Hall–Kier alpha value is -1.70. The lowest BCUT2D eigenvalue weighted by atomic mass is 10.1. The van der Waals surface area contributed by atoms with Crippen LogP contribution < -0.4 is 5.32 Å². The van der Waals surface area contributed by atoms with E-state index >= 15 is 0 Å². The number of rotatable bonds is 5. The van der Waals surface area contributed by atoms with Crippen molar-refractivity contribution in [3.05, 3.63) is 33.3 Å². The fraction of sp³-hybridized carbons (Fsp3) is 0.611. The summed E-state index contributed by atoms with van der Waals surface area (Å²) in [6.07, 6.45) is 5.24. The molecule has 1 saturated heterocycles. The zero-order valence-corrected chi connectivity index (χ0v) is 15.7. The third-order valence-electron chi connectivity index (χ3n) is 5.54. The van der Waals surface area contributed by atoms with Gasteiger partial charge in [0.1, 0.15) is 0 Å². The van der Waals surface area contributed by atoms with Crippen molar-refractivity contribution in [2.75, 3.05) is 31.5 Å². The molecule has 1 aliphatic heterocycles. The third-order valence-corrected chi connectivity index (χ3v) is 5.87. The van der Waals surface area contributed by atoms with Gasteiger partial charge in [-0.05, 0) is 25.8 Å². The van der Waals surface area contributed by atoms with E-state index in [1.165, 1.54) is 43.9 Å². The van der Waals surface area contributed by atoms with Crippen LogP contribution in [0.1, 0.15) is 32.6 Å². The van der Waals surface area contributed by atoms with Gasteiger partial charge in [0.05, 0.1) is 21.7 Å². The van der Waals surface area contributed by atoms with Crippen LogP contribution in [0.3, 0.4) is 0 Å². The molecular formula is C18H25ClN4O3. The monoisotopic (exact) mass is 380 g/mol. The van der Waals surface area contributed by atoms with Crippen LogP contribution in [-0.4, -0.2) is 58.9 Å². The summed E-state index contributed by atoms with van der Waals surface area (Å²) in [4.78, 5) is 27.7. The second-order valence-corrected chi connectivity index (χ2v) is 7.50. The molecule has 0 radical (unpaired) electrons. The molecule has 1 amide bonds. The number of anilines is 1. The van der Waals surface area contributed by atoms with Crippen LogP contribution in [0.4, 0.5) is 11.4 Å². The van der Waals surface area contributed by atoms with Gasteiger partial charge in [0.15, 0.2) is 0 Å². The lowest BCUT2D eigenvalue weighted by Crippen LogP contribution is -2.54. The minimum absolute atomic E-state index is 0.0949. The van der Waals surface area contributed by atoms with E-state index in [1.807, 2.05) is 6.92 Å². The highest BCUT2D eigenvalue weighted by atomic mass is 35.5. The molecule has 8 heteroatoms. The van der Waals surface area contributed by atoms with Gasteiger partial charge in [-0.25, -0.2) is 0 Å². The molecule has 1 saturated carbocycles. The topological polar surface area (TPSA) is 78.7 Å². The fourth-order valence-corrected chi connectivity index (χ4v) is 4.05. The quantitative estimate of drug-likeness (QED) is 0.627. The summed E-state index contributed by atoms with van der Waals surface area (Å²) in [5.41, 5.74) is 0.185. The number of carbonyl (C=O) groups is 1. The normalized spacial score (nSPS) is 20.8. The van der Waals surface area contributed by atoms with E-state index in [0.717, 1.165) is 26.2 Å². The zero-order valence-electron chi connectivity index (χ0n) is 15.0. The Labute approximate surface area is 158 Å². The van der Waals surface area contributed by atoms with Crippen LogP contribution in [0, 0.1) is 10.1 Å². The van der Waals surface area contributed by atoms with Gasteiger partial charge in [-0.2, -0.15) is 0 Å². The molecule has 0 bridgehead atoms. The number of carbonyl (C=O) groups excluding carboxylic acids is 1. The maximum absolute atomic E-state index is 12.6. The van der Waals surface area contributed by atoms with E-state index in [1.54, 1.807) is 0 Å². The van der Waals surface area contributed by atoms with Crippen molar-refractivity contribution in [2.45, 2.75) is 44.7 Å². The second kappa shape index (κ2) is 8.33. The van der Waals surface area contributed by atoms with Crippen LogP contribution in [0.2, 0.25) is 5.02 Å².